The van der Waals surface area contributed by atoms with Crippen LogP contribution in [-0.4, -0.2) is 60.1 Å². The zero-order valence-corrected chi connectivity index (χ0v) is 12.9. The smallest absolute Gasteiger partial charge is 0.318 e. The molecule has 0 radical (unpaired) electrons. The van der Waals surface area contributed by atoms with Gasteiger partial charge in [0.2, 0.25) is 0 Å². The van der Waals surface area contributed by atoms with E-state index >= 15 is 0 Å². The first kappa shape index (κ1) is 16.7. The van der Waals surface area contributed by atoms with Crippen LogP contribution in [-0.2, 0) is 14.6 Å². The Morgan fingerprint density at radius 1 is 1.40 bits per heavy atom. The molecule has 1 heterocycles. The van der Waals surface area contributed by atoms with Gasteiger partial charge in [-0.3, -0.25) is 4.79 Å². The fourth-order valence-electron chi connectivity index (χ4n) is 2.25. The monoisotopic (exact) mass is 306 g/mol. The molecular weight excluding hydrogens is 284 g/mol. The molecular formula is C12H22N2O5S. The molecule has 0 bridgehead atoms. The second kappa shape index (κ2) is 5.99. The number of urea groups is 1. The summed E-state index contributed by atoms with van der Waals surface area (Å²) in [7, 11) is -3.10. The molecule has 116 valence electrons. The first-order valence-corrected chi connectivity index (χ1v) is 8.38. The van der Waals surface area contributed by atoms with Crippen molar-refractivity contribution in [3.8, 4) is 0 Å². The van der Waals surface area contributed by atoms with Crippen molar-refractivity contribution in [1.29, 1.82) is 0 Å². The van der Waals surface area contributed by atoms with Gasteiger partial charge in [0.1, 0.15) is 0 Å². The largest absolute Gasteiger partial charge is 0.481 e. The van der Waals surface area contributed by atoms with Gasteiger partial charge in [-0.25, -0.2) is 13.2 Å². The van der Waals surface area contributed by atoms with Gasteiger partial charge in [-0.05, 0) is 27.2 Å². The molecule has 1 atom stereocenters. The lowest BCUT2D eigenvalue weighted by Gasteiger charge is -2.32. The number of carboxylic acid groups (broad SMARTS) is 1. The number of sulfone groups is 1. The van der Waals surface area contributed by atoms with Crippen molar-refractivity contribution >= 4 is 21.8 Å². The van der Waals surface area contributed by atoms with Crippen molar-refractivity contribution in [2.45, 2.75) is 45.2 Å². The minimum absolute atomic E-state index is 0.0700. The molecule has 8 heteroatoms. The number of carbonyl (C=O) groups excluding carboxylic acids is 1. The Morgan fingerprint density at radius 2 is 2.00 bits per heavy atom. The normalized spacial score (nSPS) is 24.6. The number of nitrogens with one attached hydrogen (secondary N) is 1. The number of rotatable bonds is 5. The van der Waals surface area contributed by atoms with Crippen molar-refractivity contribution < 1.29 is 23.1 Å². The van der Waals surface area contributed by atoms with Crippen LogP contribution in [0.4, 0.5) is 4.79 Å². The number of carboxylic acids is 1. The fraction of sp³-hybridized carbons (Fsp3) is 0.833. The minimum Gasteiger partial charge on any atom is -0.481 e. The Bertz CT molecular complexity index is 488. The van der Waals surface area contributed by atoms with Gasteiger partial charge in [0, 0.05) is 12.6 Å². The molecule has 0 spiro atoms. The third-order valence-electron chi connectivity index (χ3n) is 3.36. The van der Waals surface area contributed by atoms with Crippen LogP contribution >= 0.6 is 0 Å². The summed E-state index contributed by atoms with van der Waals surface area (Å²) in [5.41, 5.74) is -0.772. The van der Waals surface area contributed by atoms with Crippen LogP contribution in [0.2, 0.25) is 0 Å². The maximum Gasteiger partial charge on any atom is 0.318 e. The predicted octanol–water partition coefficient (Wildman–Crippen LogP) is 0.458. The quantitative estimate of drug-likeness (QED) is 0.768. The van der Waals surface area contributed by atoms with E-state index in [4.69, 9.17) is 5.11 Å². The number of nitrogens with zero attached hydrogens (tertiary/aromatic N) is 1. The highest BCUT2D eigenvalue weighted by atomic mass is 32.2. The number of hydrogen-bond acceptors (Lipinski definition) is 4. The molecule has 2 N–H and O–H groups in total. The SMILES string of the molecule is CC(C)N(CCC(=O)O)C(=O)NC1(C)CCS(=O)(=O)C1. The molecule has 0 aliphatic carbocycles. The Labute approximate surface area is 119 Å². The topological polar surface area (TPSA) is 104 Å². The van der Waals surface area contributed by atoms with Gasteiger partial charge in [-0.1, -0.05) is 0 Å². The van der Waals surface area contributed by atoms with Crippen LogP contribution in [0.1, 0.15) is 33.6 Å². The molecule has 0 aromatic heterocycles. The van der Waals surface area contributed by atoms with Crippen molar-refractivity contribution in [3.63, 3.8) is 0 Å². The zero-order chi connectivity index (χ0) is 15.6. The van der Waals surface area contributed by atoms with Crippen LogP contribution < -0.4 is 5.32 Å². The number of hydrogen-bond donors (Lipinski definition) is 2. The first-order chi connectivity index (χ1) is 9.05. The molecule has 0 aromatic carbocycles. The van der Waals surface area contributed by atoms with Gasteiger partial charge in [0.15, 0.2) is 9.84 Å². The van der Waals surface area contributed by atoms with Gasteiger partial charge >= 0.3 is 12.0 Å². The summed E-state index contributed by atoms with van der Waals surface area (Å²) in [5, 5.41) is 11.4. The molecule has 1 rings (SSSR count). The van der Waals surface area contributed by atoms with E-state index in [1.54, 1.807) is 20.8 Å². The van der Waals surface area contributed by atoms with Gasteiger partial charge in [0.05, 0.1) is 23.5 Å². The lowest BCUT2D eigenvalue weighted by atomic mass is 10.0. The van der Waals surface area contributed by atoms with Crippen molar-refractivity contribution in [2.75, 3.05) is 18.1 Å². The third kappa shape index (κ3) is 4.66. The summed E-state index contributed by atoms with van der Waals surface area (Å²) < 4.78 is 23.0. The van der Waals surface area contributed by atoms with E-state index in [1.807, 2.05) is 0 Å². The van der Waals surface area contributed by atoms with E-state index in [1.165, 1.54) is 4.90 Å². The van der Waals surface area contributed by atoms with Gasteiger partial charge < -0.3 is 15.3 Å². The van der Waals surface area contributed by atoms with E-state index in [9.17, 15) is 18.0 Å². The maximum absolute atomic E-state index is 12.2. The van der Waals surface area contributed by atoms with Gasteiger partial charge in [0.25, 0.3) is 0 Å². The van der Waals surface area contributed by atoms with Crippen molar-refractivity contribution in [2.24, 2.45) is 0 Å². The highest BCUT2D eigenvalue weighted by molar-refractivity contribution is 7.91. The average Bonchev–Trinajstić information content (AvgIpc) is 2.51. The molecule has 0 saturated carbocycles. The summed E-state index contributed by atoms with van der Waals surface area (Å²) in [4.78, 5) is 24.2. The van der Waals surface area contributed by atoms with Crippen LogP contribution in [0, 0.1) is 0 Å². The van der Waals surface area contributed by atoms with Crippen LogP contribution in [0.3, 0.4) is 0 Å². The minimum atomic E-state index is -3.10. The summed E-state index contributed by atoms with van der Waals surface area (Å²) in [6, 6.07) is -0.572. The Kier molecular flexibility index (Phi) is 5.01. The fourth-order valence-corrected chi connectivity index (χ4v) is 4.34. The standard InChI is InChI=1S/C12H22N2O5S/c1-9(2)14(6-4-10(15)16)11(17)13-12(3)5-7-20(18,19)8-12/h9H,4-8H2,1-3H3,(H,13,17)(H,15,16). The van der Waals surface area contributed by atoms with E-state index in [2.05, 4.69) is 5.32 Å². The van der Waals surface area contributed by atoms with Crippen LogP contribution in [0.25, 0.3) is 0 Å². The van der Waals surface area contributed by atoms with Crippen molar-refractivity contribution in [3.05, 3.63) is 0 Å². The molecule has 2 amide bonds. The van der Waals surface area contributed by atoms with E-state index in [-0.39, 0.29) is 30.5 Å². The molecule has 1 fully saturated rings. The van der Waals surface area contributed by atoms with Gasteiger partial charge in [-0.15, -0.1) is 0 Å². The third-order valence-corrected chi connectivity index (χ3v) is 5.27. The molecule has 1 saturated heterocycles. The Hall–Kier alpha value is -1.31. The van der Waals surface area contributed by atoms with Gasteiger partial charge in [-0.2, -0.15) is 0 Å². The summed E-state index contributed by atoms with van der Waals surface area (Å²) >= 11 is 0. The predicted molar refractivity (Wildman–Crippen MR) is 74.3 cm³/mol. The molecule has 1 aliphatic rings. The second-order valence-electron chi connectivity index (χ2n) is 5.76. The molecule has 0 aromatic rings. The van der Waals surface area contributed by atoms with E-state index in [0.29, 0.717) is 6.42 Å². The second-order valence-corrected chi connectivity index (χ2v) is 7.95. The number of amides is 2. The summed E-state index contributed by atoms with van der Waals surface area (Å²) in [5.74, 6) is -0.977. The highest BCUT2D eigenvalue weighted by Gasteiger charge is 2.40. The number of carbonyl (C=O) groups is 2. The summed E-state index contributed by atoms with van der Waals surface area (Å²) in [6.45, 7) is 5.37. The number of aliphatic carboxylic acids is 1. The molecule has 7 nitrogen and oxygen atoms in total. The van der Waals surface area contributed by atoms with E-state index in [0.717, 1.165) is 0 Å². The highest BCUT2D eigenvalue weighted by Crippen LogP contribution is 2.23. The maximum atomic E-state index is 12.2. The molecule has 1 aliphatic heterocycles. The summed E-state index contributed by atoms with van der Waals surface area (Å²) in [6.07, 6.45) is 0.243. The van der Waals surface area contributed by atoms with Crippen LogP contribution in [0.5, 0.6) is 0 Å². The Morgan fingerprint density at radius 3 is 2.40 bits per heavy atom. The Balaban J connectivity index is 2.69. The zero-order valence-electron chi connectivity index (χ0n) is 12.0. The first-order valence-electron chi connectivity index (χ1n) is 6.56. The lowest BCUT2D eigenvalue weighted by Crippen LogP contribution is -2.54. The van der Waals surface area contributed by atoms with Crippen molar-refractivity contribution in [1.82, 2.24) is 10.2 Å². The van der Waals surface area contributed by atoms with E-state index < -0.39 is 27.4 Å². The average molecular weight is 306 g/mol. The molecule has 20 heavy (non-hydrogen) atoms. The van der Waals surface area contributed by atoms with Crippen LogP contribution in [0.15, 0.2) is 0 Å². The lowest BCUT2D eigenvalue weighted by molar-refractivity contribution is -0.137. The molecule has 1 unspecified atom stereocenters.